The summed E-state index contributed by atoms with van der Waals surface area (Å²) >= 11 is 0. The molecule has 1 unspecified atom stereocenters. The minimum atomic E-state index is -4.20. The molecule has 21 heavy (non-hydrogen) atoms. The highest BCUT2D eigenvalue weighted by Gasteiger charge is 2.42. The van der Waals surface area contributed by atoms with Crippen LogP contribution in [0, 0.1) is 30.4 Å². The van der Waals surface area contributed by atoms with Crippen LogP contribution in [0.4, 0.5) is 22.0 Å². The van der Waals surface area contributed by atoms with E-state index >= 15 is 0 Å². The first-order chi connectivity index (χ1) is 9.71. The Bertz CT molecular complexity index is 504. The monoisotopic (exact) mass is 307 g/mol. The van der Waals surface area contributed by atoms with E-state index in [9.17, 15) is 22.0 Å². The lowest BCUT2D eigenvalue weighted by atomic mass is 9.76. The summed E-state index contributed by atoms with van der Waals surface area (Å²) in [6, 6.07) is 1.57. The van der Waals surface area contributed by atoms with Gasteiger partial charge in [0.15, 0.2) is 0 Å². The fraction of sp³-hybridized carbons (Fsp3) is 0.600. The van der Waals surface area contributed by atoms with Crippen molar-refractivity contribution in [2.45, 2.75) is 44.8 Å². The van der Waals surface area contributed by atoms with E-state index in [1.807, 2.05) is 0 Å². The Kier molecular flexibility index (Phi) is 4.56. The number of halogens is 5. The molecule has 0 saturated heterocycles. The van der Waals surface area contributed by atoms with Crippen molar-refractivity contribution in [2.75, 3.05) is 0 Å². The molecule has 0 radical (unpaired) electrons. The summed E-state index contributed by atoms with van der Waals surface area (Å²) in [7, 11) is 0. The Labute approximate surface area is 120 Å². The highest BCUT2D eigenvalue weighted by Crippen LogP contribution is 2.43. The van der Waals surface area contributed by atoms with Gasteiger partial charge in [-0.2, -0.15) is 13.2 Å². The number of alkyl halides is 3. The first-order valence-corrected chi connectivity index (χ1v) is 6.98. The summed E-state index contributed by atoms with van der Waals surface area (Å²) in [5, 5.41) is 0. The van der Waals surface area contributed by atoms with Gasteiger partial charge in [-0.3, -0.25) is 0 Å². The summed E-state index contributed by atoms with van der Waals surface area (Å²) < 4.78 is 65.7. The summed E-state index contributed by atoms with van der Waals surface area (Å²) in [6.45, 7) is 1.51. The van der Waals surface area contributed by atoms with Gasteiger partial charge in [0.1, 0.15) is 11.6 Å². The van der Waals surface area contributed by atoms with Crippen LogP contribution < -0.4 is 5.73 Å². The molecular formula is C15H18F5N. The Morgan fingerprint density at radius 2 is 1.67 bits per heavy atom. The lowest BCUT2D eigenvalue weighted by Crippen LogP contribution is -2.32. The standard InChI is InChI=1S/C15H18F5N/c1-8-2-7-11(16)12(13(8)17)14(21)9-3-5-10(6-4-9)15(18,19)20/h2,7,9-10,14H,3-6,21H2,1H3. The normalized spacial score (nSPS) is 24.9. The second kappa shape index (κ2) is 5.91. The SMILES string of the molecule is Cc1ccc(F)c(C(N)C2CCC(C(F)(F)F)CC2)c1F. The smallest absolute Gasteiger partial charge is 0.324 e. The minimum absolute atomic E-state index is 0.0308. The number of hydrogen-bond acceptors (Lipinski definition) is 1. The van der Waals surface area contributed by atoms with Crippen LogP contribution in [0.3, 0.4) is 0 Å². The molecule has 0 aromatic heterocycles. The molecule has 1 aromatic carbocycles. The molecule has 0 aliphatic heterocycles. The molecule has 0 heterocycles. The molecule has 2 N–H and O–H groups in total. The zero-order chi connectivity index (χ0) is 15.8. The van der Waals surface area contributed by atoms with Crippen LogP contribution in [0.2, 0.25) is 0 Å². The van der Waals surface area contributed by atoms with Gasteiger partial charge in [0, 0.05) is 11.6 Å². The van der Waals surface area contributed by atoms with Gasteiger partial charge in [0.25, 0.3) is 0 Å². The molecule has 118 valence electrons. The Hall–Kier alpha value is -1.17. The molecule has 1 aromatic rings. The molecule has 1 atom stereocenters. The average Bonchev–Trinajstić information content (AvgIpc) is 2.42. The van der Waals surface area contributed by atoms with Gasteiger partial charge < -0.3 is 5.73 Å². The number of aryl methyl sites for hydroxylation is 1. The molecule has 2 rings (SSSR count). The molecule has 1 aliphatic carbocycles. The lowest BCUT2D eigenvalue weighted by Gasteiger charge is -2.33. The van der Waals surface area contributed by atoms with Gasteiger partial charge in [0.05, 0.1) is 5.92 Å². The Balaban J connectivity index is 2.13. The van der Waals surface area contributed by atoms with Crippen LogP contribution in [-0.2, 0) is 0 Å². The zero-order valence-corrected chi connectivity index (χ0v) is 11.7. The van der Waals surface area contributed by atoms with Crippen molar-refractivity contribution in [2.24, 2.45) is 17.6 Å². The van der Waals surface area contributed by atoms with Crippen molar-refractivity contribution in [3.63, 3.8) is 0 Å². The largest absolute Gasteiger partial charge is 0.391 e. The van der Waals surface area contributed by atoms with Crippen molar-refractivity contribution >= 4 is 0 Å². The molecular weight excluding hydrogens is 289 g/mol. The molecule has 1 fully saturated rings. The van der Waals surface area contributed by atoms with Gasteiger partial charge >= 0.3 is 6.18 Å². The summed E-state index contributed by atoms with van der Waals surface area (Å²) in [5.74, 6) is -3.08. The topological polar surface area (TPSA) is 26.0 Å². The molecule has 0 amide bonds. The summed E-state index contributed by atoms with van der Waals surface area (Å²) in [4.78, 5) is 0. The lowest BCUT2D eigenvalue weighted by molar-refractivity contribution is -0.184. The quantitative estimate of drug-likeness (QED) is 0.791. The predicted octanol–water partition coefficient (Wildman–Crippen LogP) is 4.64. The second-order valence-electron chi connectivity index (χ2n) is 5.77. The van der Waals surface area contributed by atoms with Crippen LogP contribution in [0.1, 0.15) is 42.9 Å². The van der Waals surface area contributed by atoms with E-state index < -0.39 is 29.8 Å². The van der Waals surface area contributed by atoms with Crippen LogP contribution in [0.5, 0.6) is 0 Å². The van der Waals surface area contributed by atoms with Crippen molar-refractivity contribution in [3.05, 3.63) is 34.9 Å². The maximum absolute atomic E-state index is 14.0. The van der Waals surface area contributed by atoms with Crippen molar-refractivity contribution in [3.8, 4) is 0 Å². The van der Waals surface area contributed by atoms with Gasteiger partial charge in [-0.25, -0.2) is 8.78 Å². The van der Waals surface area contributed by atoms with Crippen LogP contribution in [0.15, 0.2) is 12.1 Å². The maximum Gasteiger partial charge on any atom is 0.391 e. The fourth-order valence-corrected chi connectivity index (χ4v) is 3.03. The third-order valence-corrected chi connectivity index (χ3v) is 4.40. The van der Waals surface area contributed by atoms with E-state index in [0.717, 1.165) is 6.07 Å². The molecule has 1 nitrogen and oxygen atoms in total. The molecule has 1 aliphatic rings. The molecule has 0 spiro atoms. The number of benzene rings is 1. The second-order valence-corrected chi connectivity index (χ2v) is 5.77. The van der Waals surface area contributed by atoms with E-state index in [2.05, 4.69) is 0 Å². The molecule has 0 bridgehead atoms. The van der Waals surface area contributed by atoms with E-state index in [4.69, 9.17) is 5.73 Å². The first-order valence-electron chi connectivity index (χ1n) is 6.98. The minimum Gasteiger partial charge on any atom is -0.324 e. The van der Waals surface area contributed by atoms with Crippen molar-refractivity contribution in [1.82, 2.24) is 0 Å². The van der Waals surface area contributed by atoms with E-state index in [1.54, 1.807) is 0 Å². The third-order valence-electron chi connectivity index (χ3n) is 4.40. The van der Waals surface area contributed by atoms with Gasteiger partial charge in [-0.15, -0.1) is 0 Å². The Morgan fingerprint density at radius 1 is 1.10 bits per heavy atom. The van der Waals surface area contributed by atoms with Crippen LogP contribution in [0.25, 0.3) is 0 Å². The first kappa shape index (κ1) is 16.2. The maximum atomic E-state index is 14.0. The van der Waals surface area contributed by atoms with Crippen LogP contribution >= 0.6 is 0 Å². The third kappa shape index (κ3) is 3.36. The highest BCUT2D eigenvalue weighted by molar-refractivity contribution is 5.29. The van der Waals surface area contributed by atoms with E-state index in [-0.39, 0.29) is 42.7 Å². The zero-order valence-electron chi connectivity index (χ0n) is 11.7. The van der Waals surface area contributed by atoms with Gasteiger partial charge in [-0.05, 0) is 50.2 Å². The summed E-state index contributed by atoms with van der Waals surface area (Å²) in [6.07, 6.45) is -3.79. The van der Waals surface area contributed by atoms with Crippen molar-refractivity contribution in [1.29, 1.82) is 0 Å². The Morgan fingerprint density at radius 3 is 2.19 bits per heavy atom. The number of hydrogen-bond donors (Lipinski definition) is 1. The van der Waals surface area contributed by atoms with Gasteiger partial charge in [-0.1, -0.05) is 6.07 Å². The van der Waals surface area contributed by atoms with E-state index in [1.165, 1.54) is 13.0 Å². The molecule has 6 heteroatoms. The average molecular weight is 307 g/mol. The summed E-state index contributed by atoms with van der Waals surface area (Å²) in [5.41, 5.74) is 6.01. The molecule has 1 saturated carbocycles. The van der Waals surface area contributed by atoms with Crippen LogP contribution in [-0.4, -0.2) is 6.18 Å². The predicted molar refractivity (Wildman–Crippen MR) is 69.5 cm³/mol. The number of rotatable bonds is 2. The number of nitrogens with two attached hydrogens (primary N) is 1. The van der Waals surface area contributed by atoms with Crippen molar-refractivity contribution < 1.29 is 22.0 Å². The van der Waals surface area contributed by atoms with Gasteiger partial charge in [0.2, 0.25) is 0 Å². The van der Waals surface area contributed by atoms with E-state index in [0.29, 0.717) is 0 Å². The highest BCUT2D eigenvalue weighted by atomic mass is 19.4. The fourth-order valence-electron chi connectivity index (χ4n) is 3.03.